The Bertz CT molecular complexity index is 1470. The zero-order chi connectivity index (χ0) is 27.4. The van der Waals surface area contributed by atoms with E-state index in [9.17, 15) is 32.3 Å². The van der Waals surface area contributed by atoms with Gasteiger partial charge < -0.3 is 20.5 Å². The fourth-order valence-electron chi connectivity index (χ4n) is 3.67. The number of carbonyl (C=O) groups excluding carboxylic acids is 1. The summed E-state index contributed by atoms with van der Waals surface area (Å²) in [7, 11) is 0. The molecule has 3 aromatic carbocycles. The zero-order valence-corrected chi connectivity index (χ0v) is 20.6. The van der Waals surface area contributed by atoms with Crippen LogP contribution in [0.4, 0.5) is 28.4 Å². The minimum atomic E-state index is -4.81. The number of nitrogens with zero attached hydrogens (tertiary/aromatic N) is 1. The lowest BCUT2D eigenvalue weighted by atomic mass is 10.0. The number of carboxylic acid groups (broad SMARTS) is 1. The van der Waals surface area contributed by atoms with Gasteiger partial charge in [0.25, 0.3) is 5.91 Å². The van der Waals surface area contributed by atoms with Crippen LogP contribution in [0.25, 0.3) is 21.3 Å². The highest BCUT2D eigenvalue weighted by atomic mass is 32.1. The summed E-state index contributed by atoms with van der Waals surface area (Å²) in [4.78, 5) is 27.9. The molecule has 1 heterocycles. The topological polar surface area (TPSA) is 101 Å². The summed E-state index contributed by atoms with van der Waals surface area (Å²) in [5, 5.41) is 14.8. The molecule has 38 heavy (non-hydrogen) atoms. The summed E-state index contributed by atoms with van der Waals surface area (Å²) >= 11 is 1.04. The number of fused-ring (bicyclic) bond motifs is 1. The van der Waals surface area contributed by atoms with E-state index in [1.54, 1.807) is 18.2 Å². The van der Waals surface area contributed by atoms with Gasteiger partial charge in [-0.25, -0.2) is 14.2 Å². The average Bonchev–Trinajstić information content (AvgIpc) is 3.25. The van der Waals surface area contributed by atoms with E-state index in [1.807, 2.05) is 6.92 Å². The SMILES string of the molecule is CCC[C@H](NC(=O)c1ccc(-c2ccc(Nc3nc4ccc(OC(F)(F)F)cc4s3)c(F)c2)cc1)C(=O)O. The quantitative estimate of drug-likeness (QED) is 0.201. The van der Waals surface area contributed by atoms with Crippen molar-refractivity contribution in [1.82, 2.24) is 10.3 Å². The van der Waals surface area contributed by atoms with Crippen LogP contribution in [-0.4, -0.2) is 34.4 Å². The number of thiazole rings is 1. The number of anilines is 2. The molecule has 4 rings (SSSR count). The van der Waals surface area contributed by atoms with E-state index in [1.165, 1.54) is 36.4 Å². The fraction of sp³-hybridized carbons (Fsp3) is 0.192. The normalized spacial score (nSPS) is 12.2. The number of nitrogens with one attached hydrogen (secondary N) is 2. The van der Waals surface area contributed by atoms with Crippen LogP contribution in [-0.2, 0) is 4.79 Å². The standard InChI is InChI=1S/C26H21F4N3O4S/c1-2-3-21(24(35)36)31-23(34)15-6-4-14(5-7-15)16-8-10-19(18(27)12-16)32-25-33-20-11-9-17(13-22(20)38-25)37-26(28,29)30/h4-13,21H,2-3H2,1H3,(H,31,34)(H,32,33)(H,35,36)/t21-/m0/s1. The largest absolute Gasteiger partial charge is 0.573 e. The molecule has 1 amide bonds. The number of aromatic nitrogens is 1. The second-order valence-electron chi connectivity index (χ2n) is 8.25. The molecule has 0 unspecified atom stereocenters. The van der Waals surface area contributed by atoms with Gasteiger partial charge in [-0.3, -0.25) is 4.79 Å². The number of halogens is 4. The van der Waals surface area contributed by atoms with Crippen molar-refractivity contribution in [2.45, 2.75) is 32.2 Å². The van der Waals surface area contributed by atoms with Gasteiger partial charge in [0.05, 0.1) is 15.9 Å². The smallest absolute Gasteiger partial charge is 0.480 e. The number of hydrogen-bond acceptors (Lipinski definition) is 6. The Hall–Kier alpha value is -4.19. The van der Waals surface area contributed by atoms with E-state index in [0.717, 1.165) is 17.4 Å². The van der Waals surface area contributed by atoms with Crippen LogP contribution in [0.1, 0.15) is 30.1 Å². The first-order valence-electron chi connectivity index (χ1n) is 11.4. The average molecular weight is 548 g/mol. The molecule has 0 radical (unpaired) electrons. The van der Waals surface area contributed by atoms with E-state index in [2.05, 4.69) is 20.4 Å². The van der Waals surface area contributed by atoms with Gasteiger partial charge >= 0.3 is 12.3 Å². The molecule has 0 fully saturated rings. The Morgan fingerprint density at radius 1 is 1.05 bits per heavy atom. The van der Waals surface area contributed by atoms with E-state index in [-0.39, 0.29) is 22.1 Å². The molecule has 0 spiro atoms. The van der Waals surface area contributed by atoms with E-state index in [4.69, 9.17) is 0 Å². The maximum absolute atomic E-state index is 14.9. The van der Waals surface area contributed by atoms with Crippen molar-refractivity contribution in [3.05, 3.63) is 72.0 Å². The van der Waals surface area contributed by atoms with Crippen molar-refractivity contribution in [2.24, 2.45) is 0 Å². The third kappa shape index (κ3) is 6.57. The first-order valence-corrected chi connectivity index (χ1v) is 12.2. The molecular weight excluding hydrogens is 526 g/mol. The van der Waals surface area contributed by atoms with Crippen LogP contribution in [0.5, 0.6) is 5.75 Å². The predicted molar refractivity (Wildman–Crippen MR) is 135 cm³/mol. The number of aliphatic carboxylic acids is 1. The zero-order valence-electron chi connectivity index (χ0n) is 19.8. The molecular formula is C26H21F4N3O4S. The lowest BCUT2D eigenvalue weighted by Crippen LogP contribution is -2.40. The molecule has 7 nitrogen and oxygen atoms in total. The number of carbonyl (C=O) groups is 2. The molecule has 4 aromatic rings. The fourth-order valence-corrected chi connectivity index (χ4v) is 4.58. The summed E-state index contributed by atoms with van der Waals surface area (Å²) < 4.78 is 56.6. The number of carboxylic acids is 1. The third-order valence-corrected chi connectivity index (χ3v) is 6.40. The van der Waals surface area contributed by atoms with Crippen molar-refractivity contribution in [1.29, 1.82) is 0 Å². The van der Waals surface area contributed by atoms with E-state index >= 15 is 0 Å². The predicted octanol–water partition coefficient (Wildman–Crippen LogP) is 6.73. The van der Waals surface area contributed by atoms with Crippen LogP contribution in [0.2, 0.25) is 0 Å². The molecule has 3 N–H and O–H groups in total. The van der Waals surface area contributed by atoms with Crippen molar-refractivity contribution in [3.8, 4) is 16.9 Å². The number of rotatable bonds is 9. The highest BCUT2D eigenvalue weighted by Gasteiger charge is 2.31. The Morgan fingerprint density at radius 2 is 1.76 bits per heavy atom. The minimum absolute atomic E-state index is 0.117. The lowest BCUT2D eigenvalue weighted by Gasteiger charge is -2.13. The van der Waals surface area contributed by atoms with Crippen LogP contribution in [0.3, 0.4) is 0 Å². The van der Waals surface area contributed by atoms with Crippen LogP contribution in [0, 0.1) is 5.82 Å². The monoisotopic (exact) mass is 547 g/mol. The Balaban J connectivity index is 1.46. The highest BCUT2D eigenvalue weighted by molar-refractivity contribution is 7.22. The van der Waals surface area contributed by atoms with Gasteiger partial charge in [0, 0.05) is 11.6 Å². The van der Waals surface area contributed by atoms with E-state index in [0.29, 0.717) is 34.2 Å². The van der Waals surface area contributed by atoms with Crippen molar-refractivity contribution >= 4 is 44.2 Å². The van der Waals surface area contributed by atoms with Crippen molar-refractivity contribution < 1.29 is 37.0 Å². The van der Waals surface area contributed by atoms with Gasteiger partial charge in [-0.05, 0) is 53.9 Å². The molecule has 0 aliphatic carbocycles. The van der Waals surface area contributed by atoms with Crippen LogP contribution in [0.15, 0.2) is 60.7 Å². The molecule has 0 saturated heterocycles. The summed E-state index contributed by atoms with van der Waals surface area (Å²) in [5.74, 6) is -2.58. The summed E-state index contributed by atoms with van der Waals surface area (Å²) in [6.07, 6.45) is -3.90. The first kappa shape index (κ1) is 26.9. The molecule has 0 saturated carbocycles. The highest BCUT2D eigenvalue weighted by Crippen LogP contribution is 2.34. The van der Waals surface area contributed by atoms with E-state index < -0.39 is 30.1 Å². The van der Waals surface area contributed by atoms with Crippen LogP contribution < -0.4 is 15.4 Å². The molecule has 0 aliphatic rings. The Morgan fingerprint density at radius 3 is 2.39 bits per heavy atom. The number of hydrogen-bond donors (Lipinski definition) is 3. The van der Waals surface area contributed by atoms with Crippen molar-refractivity contribution in [3.63, 3.8) is 0 Å². The summed E-state index contributed by atoms with van der Waals surface area (Å²) in [6, 6.07) is 13.5. The Kier molecular flexibility index (Phi) is 7.81. The van der Waals surface area contributed by atoms with Gasteiger partial charge in [0.2, 0.25) is 0 Å². The van der Waals surface area contributed by atoms with Crippen molar-refractivity contribution in [2.75, 3.05) is 5.32 Å². The maximum Gasteiger partial charge on any atom is 0.573 e. The second-order valence-corrected chi connectivity index (χ2v) is 9.28. The van der Waals surface area contributed by atoms with Crippen LogP contribution >= 0.6 is 11.3 Å². The number of amides is 1. The molecule has 1 atom stereocenters. The number of alkyl halides is 3. The molecule has 1 aromatic heterocycles. The van der Waals surface area contributed by atoms with Gasteiger partial charge in [-0.1, -0.05) is 42.9 Å². The lowest BCUT2D eigenvalue weighted by molar-refractivity contribution is -0.274. The first-order chi connectivity index (χ1) is 18.0. The molecule has 198 valence electrons. The third-order valence-electron chi connectivity index (χ3n) is 5.47. The molecule has 0 bridgehead atoms. The summed E-state index contributed by atoms with van der Waals surface area (Å²) in [6.45, 7) is 1.82. The number of ether oxygens (including phenoxy) is 1. The van der Waals surface area contributed by atoms with Gasteiger partial charge in [-0.2, -0.15) is 0 Å². The van der Waals surface area contributed by atoms with Gasteiger partial charge in [0.1, 0.15) is 17.6 Å². The molecule has 12 heteroatoms. The molecule has 0 aliphatic heterocycles. The number of benzene rings is 3. The minimum Gasteiger partial charge on any atom is -0.480 e. The summed E-state index contributed by atoms with van der Waals surface area (Å²) in [5.41, 5.74) is 1.98. The van der Waals surface area contributed by atoms with Gasteiger partial charge in [0.15, 0.2) is 5.13 Å². The van der Waals surface area contributed by atoms with Gasteiger partial charge in [-0.15, -0.1) is 13.2 Å². The Labute approximate surface area is 218 Å². The maximum atomic E-state index is 14.9. The second kappa shape index (κ2) is 11.1.